The molecule has 0 radical (unpaired) electrons. The first-order valence-corrected chi connectivity index (χ1v) is 8.22. The van der Waals surface area contributed by atoms with Crippen molar-refractivity contribution in [2.75, 3.05) is 5.32 Å². The number of aryl methyl sites for hydroxylation is 2. The molecule has 0 bridgehead atoms. The summed E-state index contributed by atoms with van der Waals surface area (Å²) >= 11 is 1.39. The SMILES string of the molecule is Cc1nc(C)c(CC(=O)Nc2cnc(-c3ccccc3)s2)c(=O)[nH]1. The van der Waals surface area contributed by atoms with Crippen LogP contribution in [0.4, 0.5) is 5.00 Å². The summed E-state index contributed by atoms with van der Waals surface area (Å²) in [7, 11) is 0. The van der Waals surface area contributed by atoms with Crippen LogP contribution in [0.15, 0.2) is 41.3 Å². The van der Waals surface area contributed by atoms with Gasteiger partial charge in [0.1, 0.15) is 15.8 Å². The maximum atomic E-state index is 12.2. The fourth-order valence-electron chi connectivity index (χ4n) is 2.35. The number of anilines is 1. The Morgan fingerprint density at radius 1 is 1.25 bits per heavy atom. The lowest BCUT2D eigenvalue weighted by atomic mass is 10.1. The Balaban J connectivity index is 1.72. The summed E-state index contributed by atoms with van der Waals surface area (Å²) in [4.78, 5) is 35.3. The van der Waals surface area contributed by atoms with Gasteiger partial charge < -0.3 is 10.3 Å². The van der Waals surface area contributed by atoms with Crippen LogP contribution in [-0.2, 0) is 11.2 Å². The molecule has 2 aromatic heterocycles. The molecule has 0 aliphatic rings. The molecule has 6 nitrogen and oxygen atoms in total. The van der Waals surface area contributed by atoms with Gasteiger partial charge >= 0.3 is 0 Å². The lowest BCUT2D eigenvalue weighted by Crippen LogP contribution is -2.23. The van der Waals surface area contributed by atoms with E-state index >= 15 is 0 Å². The third kappa shape index (κ3) is 3.57. The van der Waals surface area contributed by atoms with Crippen molar-refractivity contribution in [3.63, 3.8) is 0 Å². The average Bonchev–Trinajstić information content (AvgIpc) is 3.00. The van der Waals surface area contributed by atoms with Crippen molar-refractivity contribution in [1.82, 2.24) is 15.0 Å². The summed E-state index contributed by atoms with van der Waals surface area (Å²) in [6, 6.07) is 9.74. The molecule has 7 heteroatoms. The highest BCUT2D eigenvalue weighted by molar-refractivity contribution is 7.19. The largest absolute Gasteiger partial charge is 0.316 e. The Morgan fingerprint density at radius 2 is 2.00 bits per heavy atom. The topological polar surface area (TPSA) is 87.7 Å². The second kappa shape index (κ2) is 6.76. The van der Waals surface area contributed by atoms with Crippen molar-refractivity contribution >= 4 is 22.2 Å². The van der Waals surface area contributed by atoms with Crippen LogP contribution in [-0.4, -0.2) is 20.9 Å². The van der Waals surface area contributed by atoms with E-state index in [1.807, 2.05) is 30.3 Å². The number of thiazole rings is 1. The molecule has 122 valence electrons. The van der Waals surface area contributed by atoms with Gasteiger partial charge in [0.2, 0.25) is 5.91 Å². The Kier molecular flexibility index (Phi) is 4.52. The molecule has 3 aromatic rings. The Morgan fingerprint density at radius 3 is 2.71 bits per heavy atom. The molecule has 0 spiro atoms. The van der Waals surface area contributed by atoms with Crippen molar-refractivity contribution < 1.29 is 4.79 Å². The molecular weight excluding hydrogens is 324 g/mol. The first kappa shape index (κ1) is 16.1. The van der Waals surface area contributed by atoms with E-state index < -0.39 is 0 Å². The van der Waals surface area contributed by atoms with E-state index in [0.29, 0.717) is 22.1 Å². The van der Waals surface area contributed by atoms with Crippen LogP contribution in [0.3, 0.4) is 0 Å². The van der Waals surface area contributed by atoms with Crippen molar-refractivity contribution in [2.24, 2.45) is 0 Å². The highest BCUT2D eigenvalue weighted by Gasteiger charge is 2.13. The minimum Gasteiger partial charge on any atom is -0.316 e. The minimum absolute atomic E-state index is 0.0208. The standard InChI is InChI=1S/C17H16N4O2S/c1-10-13(16(23)20-11(2)19-10)8-14(22)21-15-9-18-17(24-15)12-6-4-3-5-7-12/h3-7,9H,8H2,1-2H3,(H,21,22)(H,19,20,23). The molecule has 2 N–H and O–H groups in total. The number of aromatic amines is 1. The molecule has 1 amide bonds. The molecule has 2 heterocycles. The number of rotatable bonds is 4. The summed E-state index contributed by atoms with van der Waals surface area (Å²) < 4.78 is 0. The summed E-state index contributed by atoms with van der Waals surface area (Å²) in [6.07, 6.45) is 1.60. The number of aromatic nitrogens is 3. The van der Waals surface area contributed by atoms with Gasteiger partial charge in [-0.3, -0.25) is 9.59 Å². The number of H-pyrrole nitrogens is 1. The molecular formula is C17H16N4O2S. The second-order valence-corrected chi connectivity index (χ2v) is 6.37. The number of hydrogen-bond donors (Lipinski definition) is 2. The van der Waals surface area contributed by atoms with Crippen LogP contribution in [0.1, 0.15) is 17.1 Å². The number of amides is 1. The zero-order chi connectivity index (χ0) is 17.1. The highest BCUT2D eigenvalue weighted by Crippen LogP contribution is 2.28. The lowest BCUT2D eigenvalue weighted by Gasteiger charge is -2.05. The fraction of sp³-hybridized carbons (Fsp3) is 0.176. The summed E-state index contributed by atoms with van der Waals surface area (Å²) in [6.45, 7) is 3.44. The summed E-state index contributed by atoms with van der Waals surface area (Å²) in [5.41, 5.74) is 1.68. The molecule has 0 saturated carbocycles. The van der Waals surface area contributed by atoms with E-state index in [1.165, 1.54) is 11.3 Å². The normalized spacial score (nSPS) is 10.6. The number of benzene rings is 1. The smallest absolute Gasteiger partial charge is 0.254 e. The zero-order valence-electron chi connectivity index (χ0n) is 13.3. The van der Waals surface area contributed by atoms with Crippen LogP contribution in [0, 0.1) is 13.8 Å². The molecule has 0 saturated heterocycles. The van der Waals surface area contributed by atoms with E-state index in [-0.39, 0.29) is 17.9 Å². The Labute approximate surface area is 142 Å². The minimum atomic E-state index is -0.274. The Bertz CT molecular complexity index is 931. The quantitative estimate of drug-likeness (QED) is 0.764. The lowest BCUT2D eigenvalue weighted by molar-refractivity contribution is -0.115. The third-order valence-corrected chi connectivity index (χ3v) is 4.43. The number of carbonyl (C=O) groups is 1. The van der Waals surface area contributed by atoms with Crippen molar-refractivity contribution in [2.45, 2.75) is 20.3 Å². The van der Waals surface area contributed by atoms with E-state index in [1.54, 1.807) is 20.0 Å². The van der Waals surface area contributed by atoms with Crippen molar-refractivity contribution in [1.29, 1.82) is 0 Å². The number of nitrogens with one attached hydrogen (secondary N) is 2. The van der Waals surface area contributed by atoms with E-state index in [2.05, 4.69) is 20.3 Å². The molecule has 0 aliphatic carbocycles. The van der Waals surface area contributed by atoms with E-state index in [9.17, 15) is 9.59 Å². The molecule has 3 rings (SSSR count). The van der Waals surface area contributed by atoms with Gasteiger partial charge in [0.25, 0.3) is 5.56 Å². The third-order valence-electron chi connectivity index (χ3n) is 3.47. The predicted molar refractivity (Wildman–Crippen MR) is 94.2 cm³/mol. The molecule has 1 aromatic carbocycles. The molecule has 0 atom stereocenters. The molecule has 0 aliphatic heterocycles. The molecule has 0 unspecified atom stereocenters. The van der Waals surface area contributed by atoms with E-state index in [4.69, 9.17) is 0 Å². The van der Waals surface area contributed by atoms with Crippen LogP contribution >= 0.6 is 11.3 Å². The van der Waals surface area contributed by atoms with Gasteiger partial charge in [-0.1, -0.05) is 41.7 Å². The van der Waals surface area contributed by atoms with E-state index in [0.717, 1.165) is 10.6 Å². The maximum Gasteiger partial charge on any atom is 0.254 e. The molecule has 0 fully saturated rings. The van der Waals surface area contributed by atoms with Gasteiger partial charge in [-0.15, -0.1) is 0 Å². The first-order chi connectivity index (χ1) is 11.5. The predicted octanol–water partition coefficient (Wildman–Crippen LogP) is 2.69. The second-order valence-electron chi connectivity index (χ2n) is 5.34. The van der Waals surface area contributed by atoms with Crippen molar-refractivity contribution in [3.05, 3.63) is 64.0 Å². The fourth-order valence-corrected chi connectivity index (χ4v) is 3.19. The highest BCUT2D eigenvalue weighted by atomic mass is 32.1. The van der Waals surface area contributed by atoms with Gasteiger partial charge in [-0.05, 0) is 13.8 Å². The van der Waals surface area contributed by atoms with Crippen molar-refractivity contribution in [3.8, 4) is 10.6 Å². The summed E-state index contributed by atoms with van der Waals surface area (Å²) in [5, 5.41) is 4.26. The number of carbonyl (C=O) groups excluding carboxylic acids is 1. The van der Waals surface area contributed by atoms with Gasteiger partial charge in [0, 0.05) is 16.8 Å². The number of hydrogen-bond acceptors (Lipinski definition) is 5. The maximum absolute atomic E-state index is 12.2. The monoisotopic (exact) mass is 340 g/mol. The molecule has 24 heavy (non-hydrogen) atoms. The average molecular weight is 340 g/mol. The summed E-state index contributed by atoms with van der Waals surface area (Å²) in [5.74, 6) is 0.272. The number of nitrogens with zero attached hydrogens (tertiary/aromatic N) is 2. The first-order valence-electron chi connectivity index (χ1n) is 7.40. The van der Waals surface area contributed by atoms with Gasteiger partial charge in [0.05, 0.1) is 12.6 Å². The van der Waals surface area contributed by atoms with Crippen LogP contribution in [0.2, 0.25) is 0 Å². The van der Waals surface area contributed by atoms with Crippen LogP contribution in [0.5, 0.6) is 0 Å². The van der Waals surface area contributed by atoms with Gasteiger partial charge in [0.15, 0.2) is 0 Å². The van der Waals surface area contributed by atoms with Gasteiger partial charge in [-0.25, -0.2) is 9.97 Å². The van der Waals surface area contributed by atoms with Gasteiger partial charge in [-0.2, -0.15) is 0 Å². The Hall–Kier alpha value is -2.80. The zero-order valence-corrected chi connectivity index (χ0v) is 14.1. The van der Waals surface area contributed by atoms with Crippen LogP contribution < -0.4 is 10.9 Å². The van der Waals surface area contributed by atoms with Crippen LogP contribution in [0.25, 0.3) is 10.6 Å².